The van der Waals surface area contributed by atoms with Crippen molar-refractivity contribution in [2.45, 2.75) is 65.0 Å². The smallest absolute Gasteiger partial charge is 0.225 e. The number of anilines is 1. The number of carbonyl (C=O) groups excluding carboxylic acids is 1. The van der Waals surface area contributed by atoms with Crippen molar-refractivity contribution >= 4 is 11.6 Å². The first-order valence-corrected chi connectivity index (χ1v) is 8.72. The Balaban J connectivity index is 1.77. The lowest BCUT2D eigenvalue weighted by Crippen LogP contribution is -2.41. The summed E-state index contributed by atoms with van der Waals surface area (Å²) < 4.78 is 0. The number of benzene rings is 1. The molecular weight excluding hydrogens is 288 g/mol. The van der Waals surface area contributed by atoms with Gasteiger partial charge >= 0.3 is 0 Å². The maximum atomic E-state index is 12.2. The summed E-state index contributed by atoms with van der Waals surface area (Å²) in [5.74, 6) is 0.527. The van der Waals surface area contributed by atoms with Gasteiger partial charge in [0.1, 0.15) is 0 Å². The van der Waals surface area contributed by atoms with Gasteiger partial charge in [-0.25, -0.2) is 0 Å². The zero-order chi connectivity index (χ0) is 16.8. The van der Waals surface area contributed by atoms with Gasteiger partial charge in [-0.2, -0.15) is 0 Å². The highest BCUT2D eigenvalue weighted by molar-refractivity contribution is 5.92. The van der Waals surface area contributed by atoms with E-state index in [-0.39, 0.29) is 11.9 Å². The summed E-state index contributed by atoms with van der Waals surface area (Å²) in [6, 6.07) is 6.61. The van der Waals surface area contributed by atoms with Gasteiger partial charge in [0, 0.05) is 30.8 Å². The van der Waals surface area contributed by atoms with E-state index in [2.05, 4.69) is 30.5 Å². The lowest BCUT2D eigenvalue weighted by atomic mass is 9.86. The Kier molecular flexibility index (Phi) is 6.60. The predicted octanol–water partition coefficient (Wildman–Crippen LogP) is 3.16. The molecule has 0 radical (unpaired) electrons. The summed E-state index contributed by atoms with van der Waals surface area (Å²) in [6.07, 6.45) is 4.82. The molecule has 1 fully saturated rings. The second kappa shape index (κ2) is 8.46. The average molecular weight is 318 g/mol. The van der Waals surface area contributed by atoms with Crippen LogP contribution in [0.5, 0.6) is 0 Å². The average Bonchev–Trinajstić information content (AvgIpc) is 2.52. The van der Waals surface area contributed by atoms with Crippen molar-refractivity contribution in [1.29, 1.82) is 0 Å². The monoisotopic (exact) mass is 318 g/mol. The van der Waals surface area contributed by atoms with Gasteiger partial charge in [0.25, 0.3) is 0 Å². The summed E-state index contributed by atoms with van der Waals surface area (Å²) in [5.41, 5.74) is 3.23. The fourth-order valence-electron chi connectivity index (χ4n) is 3.34. The molecule has 1 aromatic carbocycles. The Morgan fingerprint density at radius 3 is 2.61 bits per heavy atom. The second-order valence-electron chi connectivity index (χ2n) is 6.97. The van der Waals surface area contributed by atoms with Crippen molar-refractivity contribution in [1.82, 2.24) is 5.32 Å². The number of aryl methyl sites for hydroxylation is 1. The quantitative estimate of drug-likeness (QED) is 0.755. The Morgan fingerprint density at radius 2 is 1.96 bits per heavy atom. The molecule has 0 spiro atoms. The minimum Gasteiger partial charge on any atom is -0.396 e. The highest BCUT2D eigenvalue weighted by Gasteiger charge is 2.22. The zero-order valence-corrected chi connectivity index (χ0v) is 14.6. The van der Waals surface area contributed by atoms with Crippen LogP contribution in [0.25, 0.3) is 0 Å². The fraction of sp³-hybridized carbons (Fsp3) is 0.632. The van der Waals surface area contributed by atoms with Gasteiger partial charge < -0.3 is 15.7 Å². The predicted molar refractivity (Wildman–Crippen MR) is 94.6 cm³/mol. The Morgan fingerprint density at radius 1 is 1.26 bits per heavy atom. The first kappa shape index (κ1) is 18.0. The van der Waals surface area contributed by atoms with Crippen LogP contribution in [0.3, 0.4) is 0 Å². The van der Waals surface area contributed by atoms with Crippen molar-refractivity contribution in [3.05, 3.63) is 29.3 Å². The molecule has 1 unspecified atom stereocenters. The molecule has 1 aromatic rings. The summed E-state index contributed by atoms with van der Waals surface area (Å²) in [7, 11) is 0. The summed E-state index contributed by atoms with van der Waals surface area (Å²) in [4.78, 5) is 12.2. The van der Waals surface area contributed by atoms with Crippen LogP contribution < -0.4 is 10.6 Å². The maximum absolute atomic E-state index is 12.2. The van der Waals surface area contributed by atoms with Crippen LogP contribution in [0.1, 0.15) is 50.2 Å². The van der Waals surface area contributed by atoms with Crippen molar-refractivity contribution in [2.75, 3.05) is 11.9 Å². The molecule has 4 heteroatoms. The Bertz CT molecular complexity index is 522. The molecule has 1 aliphatic rings. The van der Waals surface area contributed by atoms with E-state index in [9.17, 15) is 9.90 Å². The molecule has 128 valence electrons. The van der Waals surface area contributed by atoms with E-state index < -0.39 is 0 Å². The number of hydrogen-bond donors (Lipinski definition) is 3. The molecule has 3 N–H and O–H groups in total. The van der Waals surface area contributed by atoms with Gasteiger partial charge in [-0.3, -0.25) is 4.79 Å². The van der Waals surface area contributed by atoms with Crippen LogP contribution in [-0.4, -0.2) is 29.7 Å². The van der Waals surface area contributed by atoms with Gasteiger partial charge in [0.2, 0.25) is 5.91 Å². The minimum absolute atomic E-state index is 0.0581. The summed E-state index contributed by atoms with van der Waals surface area (Å²) in [5, 5.41) is 15.8. The summed E-state index contributed by atoms with van der Waals surface area (Å²) in [6.45, 7) is 6.46. The third kappa shape index (κ3) is 5.33. The molecule has 0 bridgehead atoms. The standard InChI is InChI=1S/C19H30N2O2/c1-13-5-4-6-18(15(13)3)21-19(23)11-14(2)20-17-9-7-16(12-22)8-10-17/h4-6,14,16-17,20,22H,7-12H2,1-3H3,(H,21,23). The first-order chi connectivity index (χ1) is 11.0. The highest BCUT2D eigenvalue weighted by Crippen LogP contribution is 2.24. The molecule has 0 aromatic heterocycles. The minimum atomic E-state index is 0.0581. The normalized spacial score (nSPS) is 22.6. The third-order valence-corrected chi connectivity index (χ3v) is 5.00. The van der Waals surface area contributed by atoms with E-state index in [0.717, 1.165) is 36.9 Å². The van der Waals surface area contributed by atoms with Gasteiger partial charge in [-0.1, -0.05) is 12.1 Å². The lowest BCUT2D eigenvalue weighted by Gasteiger charge is -2.30. The van der Waals surface area contributed by atoms with E-state index in [1.165, 1.54) is 5.56 Å². The van der Waals surface area contributed by atoms with E-state index in [1.54, 1.807) is 0 Å². The number of amides is 1. The third-order valence-electron chi connectivity index (χ3n) is 5.00. The zero-order valence-electron chi connectivity index (χ0n) is 14.6. The molecule has 0 saturated heterocycles. The van der Waals surface area contributed by atoms with Crippen LogP contribution in [0, 0.1) is 19.8 Å². The molecule has 1 saturated carbocycles. The van der Waals surface area contributed by atoms with E-state index in [4.69, 9.17) is 0 Å². The van der Waals surface area contributed by atoms with Gasteiger partial charge in [-0.15, -0.1) is 0 Å². The van der Waals surface area contributed by atoms with Crippen molar-refractivity contribution in [3.8, 4) is 0 Å². The lowest BCUT2D eigenvalue weighted by molar-refractivity contribution is -0.116. The van der Waals surface area contributed by atoms with Crippen LogP contribution >= 0.6 is 0 Å². The Hall–Kier alpha value is -1.39. The molecule has 4 nitrogen and oxygen atoms in total. The Labute approximate surface area is 139 Å². The molecule has 0 heterocycles. The molecule has 1 amide bonds. The molecule has 1 aliphatic carbocycles. The maximum Gasteiger partial charge on any atom is 0.225 e. The largest absolute Gasteiger partial charge is 0.396 e. The molecule has 2 rings (SSSR count). The van der Waals surface area contributed by atoms with Gasteiger partial charge in [-0.05, 0) is 69.6 Å². The second-order valence-corrected chi connectivity index (χ2v) is 6.97. The molecular formula is C19H30N2O2. The highest BCUT2D eigenvalue weighted by atomic mass is 16.3. The van der Waals surface area contributed by atoms with Crippen LogP contribution in [0.15, 0.2) is 18.2 Å². The topological polar surface area (TPSA) is 61.4 Å². The number of nitrogens with one attached hydrogen (secondary N) is 2. The molecule has 1 atom stereocenters. The van der Waals surface area contributed by atoms with Crippen LogP contribution in [0.4, 0.5) is 5.69 Å². The van der Waals surface area contributed by atoms with Gasteiger partial charge in [0.05, 0.1) is 0 Å². The number of aliphatic hydroxyl groups is 1. The van der Waals surface area contributed by atoms with Crippen molar-refractivity contribution in [2.24, 2.45) is 5.92 Å². The van der Waals surface area contributed by atoms with Crippen molar-refractivity contribution in [3.63, 3.8) is 0 Å². The SMILES string of the molecule is Cc1cccc(NC(=O)CC(C)NC2CCC(CO)CC2)c1C. The fourth-order valence-corrected chi connectivity index (χ4v) is 3.34. The number of aliphatic hydroxyl groups excluding tert-OH is 1. The van der Waals surface area contributed by atoms with E-state index >= 15 is 0 Å². The number of rotatable bonds is 6. The molecule has 23 heavy (non-hydrogen) atoms. The summed E-state index contributed by atoms with van der Waals surface area (Å²) >= 11 is 0. The number of carbonyl (C=O) groups is 1. The number of hydrogen-bond acceptors (Lipinski definition) is 3. The van der Waals surface area contributed by atoms with Crippen LogP contribution in [-0.2, 0) is 4.79 Å². The molecule has 0 aliphatic heterocycles. The van der Waals surface area contributed by atoms with E-state index in [0.29, 0.717) is 25.0 Å². The first-order valence-electron chi connectivity index (χ1n) is 8.72. The van der Waals surface area contributed by atoms with Gasteiger partial charge in [0.15, 0.2) is 0 Å². The van der Waals surface area contributed by atoms with E-state index in [1.807, 2.05) is 19.1 Å². The van der Waals surface area contributed by atoms with Crippen LogP contribution in [0.2, 0.25) is 0 Å². The van der Waals surface area contributed by atoms with Crippen molar-refractivity contribution < 1.29 is 9.90 Å².